The summed E-state index contributed by atoms with van der Waals surface area (Å²) < 4.78 is 0. The summed E-state index contributed by atoms with van der Waals surface area (Å²) in [6, 6.07) is 7.39. The summed E-state index contributed by atoms with van der Waals surface area (Å²) in [5, 5.41) is 5.64. The number of rotatable bonds is 6. The van der Waals surface area contributed by atoms with Crippen LogP contribution in [0.4, 0.5) is 5.69 Å². The second-order valence-corrected chi connectivity index (χ2v) is 5.79. The largest absolute Gasteiger partial charge is 0.350 e. The Hall–Kier alpha value is -1.88. The summed E-state index contributed by atoms with van der Waals surface area (Å²) in [6.45, 7) is 7.70. The van der Waals surface area contributed by atoms with Crippen LogP contribution in [0.1, 0.15) is 39.7 Å². The number of hydrogen-bond donors (Lipinski definition) is 3. The van der Waals surface area contributed by atoms with E-state index in [1.165, 1.54) is 0 Å². The Balaban J connectivity index is 2.56. The summed E-state index contributed by atoms with van der Waals surface area (Å²) >= 11 is 0. The van der Waals surface area contributed by atoms with Crippen molar-refractivity contribution in [2.45, 2.75) is 46.2 Å². The standard InChI is InChI=1S/C16H25N3O2/c1-5-16(4,17)15(21)18-10-12-6-8-13(9-7-12)19-14(20)11(2)3/h6-9,11H,5,10,17H2,1-4H3,(H,18,21)(H,19,20). The second kappa shape index (κ2) is 7.22. The molecule has 4 N–H and O–H groups in total. The van der Waals surface area contributed by atoms with Crippen LogP contribution in [-0.4, -0.2) is 17.4 Å². The van der Waals surface area contributed by atoms with Crippen LogP contribution in [-0.2, 0) is 16.1 Å². The molecule has 1 atom stereocenters. The Labute approximate surface area is 126 Å². The first-order valence-electron chi connectivity index (χ1n) is 7.23. The molecule has 21 heavy (non-hydrogen) atoms. The van der Waals surface area contributed by atoms with E-state index in [4.69, 9.17) is 5.73 Å². The number of amides is 2. The summed E-state index contributed by atoms with van der Waals surface area (Å²) in [6.07, 6.45) is 0.582. The first-order valence-corrected chi connectivity index (χ1v) is 7.23. The van der Waals surface area contributed by atoms with Gasteiger partial charge in [-0.1, -0.05) is 32.9 Å². The van der Waals surface area contributed by atoms with Gasteiger partial charge in [0.2, 0.25) is 11.8 Å². The van der Waals surface area contributed by atoms with Crippen molar-refractivity contribution in [3.8, 4) is 0 Å². The highest BCUT2D eigenvalue weighted by molar-refractivity contribution is 5.92. The van der Waals surface area contributed by atoms with Gasteiger partial charge in [-0.05, 0) is 31.0 Å². The minimum absolute atomic E-state index is 0.0158. The maximum Gasteiger partial charge on any atom is 0.240 e. The van der Waals surface area contributed by atoms with Crippen LogP contribution < -0.4 is 16.4 Å². The minimum Gasteiger partial charge on any atom is -0.350 e. The molecule has 0 saturated carbocycles. The third-order valence-corrected chi connectivity index (χ3v) is 3.45. The highest BCUT2D eigenvalue weighted by Crippen LogP contribution is 2.11. The molecule has 0 aromatic heterocycles. The predicted molar refractivity (Wildman–Crippen MR) is 84.6 cm³/mol. The van der Waals surface area contributed by atoms with Gasteiger partial charge >= 0.3 is 0 Å². The third kappa shape index (κ3) is 5.19. The molecule has 0 aliphatic rings. The molecule has 0 fully saturated rings. The van der Waals surface area contributed by atoms with Crippen LogP contribution in [0.3, 0.4) is 0 Å². The third-order valence-electron chi connectivity index (χ3n) is 3.45. The van der Waals surface area contributed by atoms with Crippen LogP contribution in [0.25, 0.3) is 0 Å². The van der Waals surface area contributed by atoms with Gasteiger partial charge in [0.15, 0.2) is 0 Å². The highest BCUT2D eigenvalue weighted by Gasteiger charge is 2.25. The minimum atomic E-state index is -0.842. The van der Waals surface area contributed by atoms with Gasteiger partial charge in [-0.15, -0.1) is 0 Å². The molecule has 1 aromatic rings. The fraction of sp³-hybridized carbons (Fsp3) is 0.500. The van der Waals surface area contributed by atoms with Crippen LogP contribution in [0, 0.1) is 5.92 Å². The van der Waals surface area contributed by atoms with Crippen LogP contribution >= 0.6 is 0 Å². The van der Waals surface area contributed by atoms with Gasteiger partial charge in [-0.25, -0.2) is 0 Å². The van der Waals surface area contributed by atoms with Gasteiger partial charge in [-0.3, -0.25) is 9.59 Å². The lowest BCUT2D eigenvalue weighted by atomic mass is 9.99. The average molecular weight is 291 g/mol. The number of benzene rings is 1. The van der Waals surface area contributed by atoms with Gasteiger partial charge in [0.1, 0.15) is 0 Å². The first-order chi connectivity index (χ1) is 9.76. The molecule has 1 unspecified atom stereocenters. The summed E-state index contributed by atoms with van der Waals surface area (Å²) in [4.78, 5) is 23.4. The zero-order valence-electron chi connectivity index (χ0n) is 13.2. The van der Waals surface area contributed by atoms with Crippen molar-refractivity contribution in [1.82, 2.24) is 5.32 Å². The van der Waals surface area contributed by atoms with E-state index < -0.39 is 5.54 Å². The second-order valence-electron chi connectivity index (χ2n) is 5.79. The number of nitrogens with two attached hydrogens (primary N) is 1. The molecule has 1 rings (SSSR count). The van der Waals surface area contributed by atoms with E-state index in [0.717, 1.165) is 11.3 Å². The van der Waals surface area contributed by atoms with Crippen LogP contribution in [0.15, 0.2) is 24.3 Å². The number of anilines is 1. The van der Waals surface area contributed by atoms with Crippen molar-refractivity contribution in [2.24, 2.45) is 11.7 Å². The lowest BCUT2D eigenvalue weighted by molar-refractivity contribution is -0.126. The summed E-state index contributed by atoms with van der Waals surface area (Å²) in [5.74, 6) is -0.236. The first kappa shape index (κ1) is 17.2. The maximum atomic E-state index is 11.9. The van der Waals surface area contributed by atoms with E-state index in [2.05, 4.69) is 10.6 Å². The number of carbonyl (C=O) groups excluding carboxylic acids is 2. The van der Waals surface area contributed by atoms with Gasteiger partial charge in [0.05, 0.1) is 5.54 Å². The smallest absolute Gasteiger partial charge is 0.240 e. The van der Waals surface area contributed by atoms with Gasteiger partial charge in [0.25, 0.3) is 0 Å². The van der Waals surface area contributed by atoms with E-state index in [1.54, 1.807) is 6.92 Å². The van der Waals surface area contributed by atoms with Crippen molar-refractivity contribution >= 4 is 17.5 Å². The van der Waals surface area contributed by atoms with Crippen molar-refractivity contribution in [1.29, 1.82) is 0 Å². The molecular weight excluding hydrogens is 266 g/mol. The van der Waals surface area contributed by atoms with Crippen LogP contribution in [0.5, 0.6) is 0 Å². The monoisotopic (exact) mass is 291 g/mol. The predicted octanol–water partition coefficient (Wildman–Crippen LogP) is 2.02. The Morgan fingerprint density at radius 1 is 1.24 bits per heavy atom. The summed E-state index contributed by atoms with van der Waals surface area (Å²) in [7, 11) is 0. The lowest BCUT2D eigenvalue weighted by Crippen LogP contribution is -2.50. The Morgan fingerprint density at radius 2 is 1.81 bits per heavy atom. The van der Waals surface area contributed by atoms with E-state index in [1.807, 2.05) is 45.0 Å². The Morgan fingerprint density at radius 3 is 2.29 bits per heavy atom. The fourth-order valence-electron chi connectivity index (χ4n) is 1.54. The average Bonchev–Trinajstić information content (AvgIpc) is 2.45. The maximum absolute atomic E-state index is 11.9. The number of carbonyl (C=O) groups is 2. The van der Waals surface area contributed by atoms with E-state index in [-0.39, 0.29) is 17.7 Å². The van der Waals surface area contributed by atoms with Gasteiger partial charge < -0.3 is 16.4 Å². The van der Waals surface area contributed by atoms with Crippen molar-refractivity contribution in [3.63, 3.8) is 0 Å². The molecule has 1 aromatic carbocycles. The zero-order chi connectivity index (χ0) is 16.0. The molecule has 5 nitrogen and oxygen atoms in total. The molecular formula is C16H25N3O2. The topological polar surface area (TPSA) is 84.2 Å². The number of hydrogen-bond acceptors (Lipinski definition) is 3. The molecule has 0 bridgehead atoms. The Bertz CT molecular complexity index is 493. The molecule has 0 spiro atoms. The van der Waals surface area contributed by atoms with E-state index in [9.17, 15) is 9.59 Å². The van der Waals surface area contributed by atoms with E-state index in [0.29, 0.717) is 13.0 Å². The molecule has 0 radical (unpaired) electrons. The highest BCUT2D eigenvalue weighted by atomic mass is 16.2. The molecule has 5 heteroatoms. The van der Waals surface area contributed by atoms with Crippen molar-refractivity contribution in [2.75, 3.05) is 5.32 Å². The van der Waals surface area contributed by atoms with Crippen molar-refractivity contribution in [3.05, 3.63) is 29.8 Å². The SMILES string of the molecule is CCC(C)(N)C(=O)NCc1ccc(NC(=O)C(C)C)cc1. The summed E-state index contributed by atoms with van der Waals surface area (Å²) in [5.41, 5.74) is 6.74. The molecule has 0 aliphatic heterocycles. The van der Waals surface area contributed by atoms with Gasteiger partial charge in [0, 0.05) is 18.2 Å². The van der Waals surface area contributed by atoms with Gasteiger partial charge in [-0.2, -0.15) is 0 Å². The number of nitrogens with one attached hydrogen (secondary N) is 2. The van der Waals surface area contributed by atoms with E-state index >= 15 is 0 Å². The normalized spacial score (nSPS) is 13.6. The molecule has 2 amide bonds. The van der Waals surface area contributed by atoms with Crippen LogP contribution in [0.2, 0.25) is 0 Å². The molecule has 116 valence electrons. The molecule has 0 aliphatic carbocycles. The molecule has 0 heterocycles. The molecule has 0 saturated heterocycles. The van der Waals surface area contributed by atoms with Crippen molar-refractivity contribution < 1.29 is 9.59 Å². The fourth-order valence-corrected chi connectivity index (χ4v) is 1.54. The zero-order valence-corrected chi connectivity index (χ0v) is 13.2. The Kier molecular flexibility index (Phi) is 5.90. The lowest BCUT2D eigenvalue weighted by Gasteiger charge is -2.21. The quantitative estimate of drug-likeness (QED) is 0.749.